The van der Waals surface area contributed by atoms with Gasteiger partial charge in [0.2, 0.25) is 0 Å². The van der Waals surface area contributed by atoms with Crippen LogP contribution in [0.2, 0.25) is 0 Å². The van der Waals surface area contributed by atoms with E-state index in [-0.39, 0.29) is 0 Å². The Morgan fingerprint density at radius 2 is 2.08 bits per heavy atom. The molecule has 0 N–H and O–H groups in total. The fraction of sp³-hybridized carbons (Fsp3) is 0.583. The van der Waals surface area contributed by atoms with Crippen molar-refractivity contribution in [2.75, 3.05) is 0 Å². The van der Waals surface area contributed by atoms with Crippen molar-refractivity contribution in [1.29, 1.82) is 0 Å². The second kappa shape index (κ2) is 2.83. The zero-order valence-electron chi connectivity index (χ0n) is 8.62. The predicted molar refractivity (Wildman–Crippen MR) is 54.5 cm³/mol. The van der Waals surface area contributed by atoms with Gasteiger partial charge in [0, 0.05) is 17.8 Å². The summed E-state index contributed by atoms with van der Waals surface area (Å²) in [5.41, 5.74) is 1.73. The van der Waals surface area contributed by atoms with Crippen molar-refractivity contribution in [3.63, 3.8) is 0 Å². The molecule has 2 atom stereocenters. The molecule has 0 aromatic carbocycles. The lowest BCUT2D eigenvalue weighted by atomic mass is 9.88. The van der Waals surface area contributed by atoms with Crippen molar-refractivity contribution in [3.05, 3.63) is 30.1 Å². The Balaban J connectivity index is 2.09. The minimum absolute atomic E-state index is 0.447. The molecule has 0 amide bonds. The minimum Gasteiger partial charge on any atom is -0.261 e. The van der Waals surface area contributed by atoms with Crippen LogP contribution in [0.25, 0.3) is 0 Å². The van der Waals surface area contributed by atoms with Gasteiger partial charge in [-0.1, -0.05) is 26.8 Å². The molecule has 1 aliphatic rings. The van der Waals surface area contributed by atoms with Crippen LogP contribution >= 0.6 is 0 Å². The molecule has 1 aromatic heterocycles. The van der Waals surface area contributed by atoms with E-state index in [4.69, 9.17) is 0 Å². The molecule has 0 saturated heterocycles. The summed E-state index contributed by atoms with van der Waals surface area (Å²) < 4.78 is 0. The summed E-state index contributed by atoms with van der Waals surface area (Å²) in [7, 11) is 0. The van der Waals surface area contributed by atoms with E-state index in [1.165, 1.54) is 12.1 Å². The second-order valence-corrected chi connectivity index (χ2v) is 5.07. The monoisotopic (exact) mass is 175 g/mol. The minimum atomic E-state index is 0.447. The van der Waals surface area contributed by atoms with Crippen LogP contribution in [0.3, 0.4) is 0 Å². The molecule has 13 heavy (non-hydrogen) atoms. The Kier molecular flexibility index (Phi) is 1.90. The molecular formula is C12H17N. The van der Waals surface area contributed by atoms with Crippen LogP contribution in [-0.4, -0.2) is 4.98 Å². The molecule has 0 radical (unpaired) electrons. The molecule has 2 unspecified atom stereocenters. The van der Waals surface area contributed by atoms with Gasteiger partial charge in [0.1, 0.15) is 0 Å². The predicted octanol–water partition coefficient (Wildman–Crippen LogP) is 3.23. The quantitative estimate of drug-likeness (QED) is 0.638. The molecule has 0 spiro atoms. The molecule has 1 heterocycles. The topological polar surface area (TPSA) is 12.9 Å². The average molecular weight is 175 g/mol. The molecule has 2 rings (SSSR count). The van der Waals surface area contributed by atoms with Gasteiger partial charge in [-0.25, -0.2) is 0 Å². The van der Waals surface area contributed by atoms with Gasteiger partial charge in [0.05, 0.1) is 0 Å². The number of rotatable bonds is 1. The molecule has 1 nitrogen and oxygen atoms in total. The highest BCUT2D eigenvalue weighted by atomic mass is 14.7. The third-order valence-electron chi connectivity index (χ3n) is 2.97. The van der Waals surface area contributed by atoms with E-state index < -0.39 is 0 Å². The van der Waals surface area contributed by atoms with Crippen LogP contribution < -0.4 is 0 Å². The fourth-order valence-electron chi connectivity index (χ4n) is 2.07. The number of hydrogen-bond donors (Lipinski definition) is 0. The highest BCUT2D eigenvalue weighted by Crippen LogP contribution is 2.55. The number of pyridine rings is 1. The number of hydrogen-bond acceptors (Lipinski definition) is 1. The first kappa shape index (κ1) is 8.74. The summed E-state index contributed by atoms with van der Waals surface area (Å²) in [6, 6.07) is 6.22. The molecule has 0 aliphatic heterocycles. The van der Waals surface area contributed by atoms with Gasteiger partial charge in [-0.05, 0) is 29.9 Å². The molecular weight excluding hydrogens is 158 g/mol. The summed E-state index contributed by atoms with van der Waals surface area (Å²) in [4.78, 5) is 4.40. The van der Waals surface area contributed by atoms with Crippen molar-refractivity contribution < 1.29 is 0 Å². The standard InChI is InChI=1S/C12H17N/c1-12(2,3)10-8-9(10)11-6-4-5-7-13-11/h4-7,9-10H,8H2,1-3H3. The summed E-state index contributed by atoms with van der Waals surface area (Å²) in [6.07, 6.45) is 3.22. The largest absolute Gasteiger partial charge is 0.261 e. The maximum atomic E-state index is 4.40. The Labute approximate surface area is 80.2 Å². The summed E-state index contributed by atoms with van der Waals surface area (Å²) in [5, 5.41) is 0. The Morgan fingerprint density at radius 3 is 2.54 bits per heavy atom. The van der Waals surface area contributed by atoms with Crippen molar-refractivity contribution in [1.82, 2.24) is 4.98 Å². The van der Waals surface area contributed by atoms with Gasteiger partial charge in [0.25, 0.3) is 0 Å². The van der Waals surface area contributed by atoms with Crippen LogP contribution in [0.1, 0.15) is 38.8 Å². The van der Waals surface area contributed by atoms with E-state index >= 15 is 0 Å². The maximum absolute atomic E-state index is 4.40. The van der Waals surface area contributed by atoms with Crippen LogP contribution in [-0.2, 0) is 0 Å². The lowest BCUT2D eigenvalue weighted by molar-refractivity contribution is 0.342. The Bertz CT molecular complexity index is 284. The van der Waals surface area contributed by atoms with Crippen molar-refractivity contribution in [2.24, 2.45) is 11.3 Å². The second-order valence-electron chi connectivity index (χ2n) is 5.07. The van der Waals surface area contributed by atoms with Gasteiger partial charge in [-0.2, -0.15) is 0 Å². The van der Waals surface area contributed by atoms with Gasteiger partial charge >= 0.3 is 0 Å². The normalized spacial score (nSPS) is 27.3. The van der Waals surface area contributed by atoms with Crippen molar-refractivity contribution in [3.8, 4) is 0 Å². The molecule has 1 aromatic rings. The molecule has 1 aliphatic carbocycles. The van der Waals surface area contributed by atoms with Gasteiger partial charge in [-0.3, -0.25) is 4.98 Å². The Hall–Kier alpha value is -0.850. The SMILES string of the molecule is CC(C)(C)C1CC1c1ccccn1. The van der Waals surface area contributed by atoms with Crippen LogP contribution in [0.5, 0.6) is 0 Å². The van der Waals surface area contributed by atoms with E-state index in [1.54, 1.807) is 0 Å². The summed E-state index contributed by atoms with van der Waals surface area (Å²) in [6.45, 7) is 6.96. The fourth-order valence-corrected chi connectivity index (χ4v) is 2.07. The third kappa shape index (κ3) is 1.74. The lowest BCUT2D eigenvalue weighted by Crippen LogP contribution is -2.09. The lowest BCUT2D eigenvalue weighted by Gasteiger charge is -2.17. The van der Waals surface area contributed by atoms with Gasteiger partial charge in [0.15, 0.2) is 0 Å². The summed E-state index contributed by atoms with van der Waals surface area (Å²) in [5.74, 6) is 1.56. The van der Waals surface area contributed by atoms with Crippen LogP contribution in [0, 0.1) is 11.3 Å². The van der Waals surface area contributed by atoms with Gasteiger partial charge in [-0.15, -0.1) is 0 Å². The van der Waals surface area contributed by atoms with E-state index in [0.717, 1.165) is 11.8 Å². The molecule has 0 bridgehead atoms. The molecule has 1 heteroatoms. The van der Waals surface area contributed by atoms with E-state index in [2.05, 4.69) is 37.9 Å². The van der Waals surface area contributed by atoms with E-state index in [0.29, 0.717) is 5.41 Å². The first-order chi connectivity index (χ1) is 6.09. The maximum Gasteiger partial charge on any atom is 0.0437 e. The first-order valence-corrected chi connectivity index (χ1v) is 5.00. The van der Waals surface area contributed by atoms with E-state index in [1.807, 2.05) is 12.3 Å². The zero-order chi connectivity index (χ0) is 9.47. The molecule has 70 valence electrons. The average Bonchev–Trinajstić information content (AvgIpc) is 2.83. The van der Waals surface area contributed by atoms with Crippen molar-refractivity contribution >= 4 is 0 Å². The molecule has 1 fully saturated rings. The molecule has 1 saturated carbocycles. The van der Waals surface area contributed by atoms with Gasteiger partial charge < -0.3 is 0 Å². The number of nitrogens with zero attached hydrogens (tertiary/aromatic N) is 1. The third-order valence-corrected chi connectivity index (χ3v) is 2.97. The zero-order valence-corrected chi connectivity index (χ0v) is 8.62. The van der Waals surface area contributed by atoms with Crippen molar-refractivity contribution in [2.45, 2.75) is 33.1 Å². The number of aromatic nitrogens is 1. The highest BCUT2D eigenvalue weighted by Gasteiger charge is 2.46. The van der Waals surface area contributed by atoms with Crippen LogP contribution in [0.15, 0.2) is 24.4 Å². The highest BCUT2D eigenvalue weighted by molar-refractivity contribution is 5.19. The Morgan fingerprint density at radius 1 is 1.31 bits per heavy atom. The summed E-state index contributed by atoms with van der Waals surface area (Å²) >= 11 is 0. The first-order valence-electron chi connectivity index (χ1n) is 5.00. The van der Waals surface area contributed by atoms with E-state index in [9.17, 15) is 0 Å². The van der Waals surface area contributed by atoms with Crippen LogP contribution in [0.4, 0.5) is 0 Å². The smallest absolute Gasteiger partial charge is 0.0437 e.